The molecule has 132 valence electrons. The minimum atomic E-state index is -0.214. The molecule has 6 heteroatoms. The molecule has 0 aliphatic heterocycles. The molecular formula is C20H19N3O2S. The highest BCUT2D eigenvalue weighted by Crippen LogP contribution is 2.30. The number of benzene rings is 2. The monoisotopic (exact) mass is 365 g/mol. The Balaban J connectivity index is 1.57. The lowest BCUT2D eigenvalue weighted by Crippen LogP contribution is -2.39. The van der Waals surface area contributed by atoms with Crippen LogP contribution in [0.1, 0.15) is 23.2 Å². The Morgan fingerprint density at radius 2 is 1.96 bits per heavy atom. The number of hydrogen-bond acceptors (Lipinski definition) is 4. The van der Waals surface area contributed by atoms with Crippen molar-refractivity contribution in [2.75, 3.05) is 18.4 Å². The van der Waals surface area contributed by atoms with Gasteiger partial charge in [-0.2, -0.15) is 0 Å². The minimum absolute atomic E-state index is 0.0398. The highest BCUT2D eigenvalue weighted by molar-refractivity contribution is 7.13. The average Bonchev–Trinajstić information content (AvgIpc) is 3.33. The lowest BCUT2D eigenvalue weighted by Gasteiger charge is -2.22. The molecule has 4 rings (SSSR count). The van der Waals surface area contributed by atoms with Crippen LogP contribution in [-0.4, -0.2) is 34.8 Å². The first kappa shape index (κ1) is 16.7. The topological polar surface area (TPSA) is 62.3 Å². The molecule has 26 heavy (non-hydrogen) atoms. The fraction of sp³-hybridized carbons (Fsp3) is 0.250. The van der Waals surface area contributed by atoms with Gasteiger partial charge in [0.05, 0.1) is 0 Å². The summed E-state index contributed by atoms with van der Waals surface area (Å²) >= 11 is 1.36. The van der Waals surface area contributed by atoms with E-state index >= 15 is 0 Å². The molecule has 3 aromatic rings. The van der Waals surface area contributed by atoms with Gasteiger partial charge in [-0.25, -0.2) is 4.98 Å². The van der Waals surface area contributed by atoms with Gasteiger partial charge in [0.25, 0.3) is 5.91 Å². The molecule has 2 amide bonds. The first-order valence-electron chi connectivity index (χ1n) is 8.67. The van der Waals surface area contributed by atoms with Gasteiger partial charge in [-0.05, 0) is 35.6 Å². The minimum Gasteiger partial charge on any atom is -0.329 e. The van der Waals surface area contributed by atoms with E-state index in [1.54, 1.807) is 16.5 Å². The maximum atomic E-state index is 13.2. The number of aromatic nitrogens is 1. The predicted octanol–water partition coefficient (Wildman–Crippen LogP) is 3.79. The van der Waals surface area contributed by atoms with Crippen LogP contribution < -0.4 is 5.32 Å². The van der Waals surface area contributed by atoms with Gasteiger partial charge in [0.1, 0.15) is 6.54 Å². The summed E-state index contributed by atoms with van der Waals surface area (Å²) in [6.45, 7) is 0.658. The predicted molar refractivity (Wildman–Crippen MR) is 103 cm³/mol. The maximum absolute atomic E-state index is 13.2. The zero-order chi connectivity index (χ0) is 17.9. The van der Waals surface area contributed by atoms with E-state index in [2.05, 4.69) is 10.3 Å². The summed E-state index contributed by atoms with van der Waals surface area (Å²) in [6, 6.07) is 13.6. The number of carbonyl (C=O) groups is 2. The number of rotatable bonds is 6. The van der Waals surface area contributed by atoms with Gasteiger partial charge in [0, 0.05) is 23.7 Å². The van der Waals surface area contributed by atoms with Gasteiger partial charge in [0.2, 0.25) is 5.91 Å². The van der Waals surface area contributed by atoms with Gasteiger partial charge < -0.3 is 10.2 Å². The number of nitrogens with one attached hydrogen (secondary N) is 1. The molecular weight excluding hydrogens is 346 g/mol. The molecule has 1 saturated carbocycles. The van der Waals surface area contributed by atoms with E-state index in [9.17, 15) is 9.59 Å². The van der Waals surface area contributed by atoms with Gasteiger partial charge in [-0.15, -0.1) is 11.3 Å². The van der Waals surface area contributed by atoms with Gasteiger partial charge in [-0.1, -0.05) is 36.4 Å². The Morgan fingerprint density at radius 1 is 1.15 bits per heavy atom. The summed E-state index contributed by atoms with van der Waals surface area (Å²) in [5, 5.41) is 7.07. The molecule has 1 aromatic heterocycles. The molecule has 2 aromatic carbocycles. The molecule has 0 spiro atoms. The second-order valence-corrected chi connectivity index (χ2v) is 7.44. The molecule has 0 bridgehead atoms. The third-order valence-corrected chi connectivity index (χ3v) is 5.18. The van der Waals surface area contributed by atoms with Crippen molar-refractivity contribution in [1.29, 1.82) is 0 Å². The standard InChI is InChI=1S/C20H19N3O2S/c24-18(22-20-21-10-11-26-20)13-23(12-14-8-9-14)19(25)17-7-3-5-15-4-1-2-6-16(15)17/h1-7,10-11,14H,8-9,12-13H2,(H,21,22,24). The third-order valence-electron chi connectivity index (χ3n) is 4.50. The molecule has 1 heterocycles. The zero-order valence-electron chi connectivity index (χ0n) is 14.2. The Morgan fingerprint density at radius 3 is 2.73 bits per heavy atom. The van der Waals surface area contributed by atoms with E-state index in [-0.39, 0.29) is 18.4 Å². The summed E-state index contributed by atoms with van der Waals surface area (Å²) in [6.07, 6.45) is 3.88. The largest absolute Gasteiger partial charge is 0.329 e. The number of hydrogen-bond donors (Lipinski definition) is 1. The van der Waals surface area contributed by atoms with Crippen LogP contribution in [0.5, 0.6) is 0 Å². The van der Waals surface area contributed by atoms with Crippen molar-refractivity contribution in [3.05, 3.63) is 59.6 Å². The molecule has 0 saturated heterocycles. The normalized spacial score (nSPS) is 13.5. The molecule has 1 N–H and O–H groups in total. The molecule has 1 aliphatic rings. The van der Waals surface area contributed by atoms with Crippen LogP contribution in [0.15, 0.2) is 54.0 Å². The molecule has 5 nitrogen and oxygen atoms in total. The molecule has 1 fully saturated rings. The summed E-state index contributed by atoms with van der Waals surface area (Å²) in [5.74, 6) is 0.193. The highest BCUT2D eigenvalue weighted by Gasteiger charge is 2.29. The van der Waals surface area contributed by atoms with E-state index in [4.69, 9.17) is 0 Å². The van der Waals surface area contributed by atoms with E-state index in [0.29, 0.717) is 23.2 Å². The van der Waals surface area contributed by atoms with Crippen molar-refractivity contribution >= 4 is 39.1 Å². The smallest absolute Gasteiger partial charge is 0.254 e. The number of nitrogens with zero attached hydrogens (tertiary/aromatic N) is 2. The number of carbonyl (C=O) groups excluding carboxylic acids is 2. The van der Waals surface area contributed by atoms with E-state index < -0.39 is 0 Å². The quantitative estimate of drug-likeness (QED) is 0.723. The molecule has 0 radical (unpaired) electrons. The second-order valence-electron chi connectivity index (χ2n) is 6.54. The van der Waals surface area contributed by atoms with Crippen LogP contribution >= 0.6 is 11.3 Å². The Hall–Kier alpha value is -2.73. The SMILES string of the molecule is O=C(CN(CC1CC1)C(=O)c1cccc2ccccc12)Nc1nccs1. The van der Waals surface area contributed by atoms with Crippen LogP contribution in [0.3, 0.4) is 0 Å². The summed E-state index contributed by atoms with van der Waals surface area (Å²) in [5.41, 5.74) is 0.644. The van der Waals surface area contributed by atoms with Crippen molar-refractivity contribution in [2.24, 2.45) is 5.92 Å². The Labute approximate surface area is 155 Å². The van der Waals surface area contributed by atoms with Gasteiger partial charge in [0.15, 0.2) is 5.13 Å². The summed E-state index contributed by atoms with van der Waals surface area (Å²) in [4.78, 5) is 31.3. The van der Waals surface area contributed by atoms with Crippen LogP contribution in [-0.2, 0) is 4.79 Å². The average molecular weight is 365 g/mol. The first-order valence-corrected chi connectivity index (χ1v) is 9.55. The van der Waals surface area contributed by atoms with Crippen LogP contribution in [0.25, 0.3) is 10.8 Å². The van der Waals surface area contributed by atoms with Crippen LogP contribution in [0.2, 0.25) is 0 Å². The number of fused-ring (bicyclic) bond motifs is 1. The number of amides is 2. The fourth-order valence-electron chi connectivity index (χ4n) is 3.03. The number of anilines is 1. The third kappa shape index (κ3) is 3.75. The van der Waals surface area contributed by atoms with Crippen molar-refractivity contribution in [3.8, 4) is 0 Å². The lowest BCUT2D eigenvalue weighted by molar-refractivity contribution is -0.116. The summed E-state index contributed by atoms with van der Waals surface area (Å²) in [7, 11) is 0. The Bertz CT molecular complexity index is 930. The highest BCUT2D eigenvalue weighted by atomic mass is 32.1. The van der Waals surface area contributed by atoms with Crippen LogP contribution in [0, 0.1) is 5.92 Å². The summed E-state index contributed by atoms with van der Waals surface area (Å²) < 4.78 is 0. The maximum Gasteiger partial charge on any atom is 0.254 e. The van der Waals surface area contributed by atoms with E-state index in [0.717, 1.165) is 23.6 Å². The molecule has 1 aliphatic carbocycles. The fourth-order valence-corrected chi connectivity index (χ4v) is 3.58. The van der Waals surface area contributed by atoms with Gasteiger partial charge >= 0.3 is 0 Å². The number of thiazole rings is 1. The van der Waals surface area contributed by atoms with Crippen molar-refractivity contribution < 1.29 is 9.59 Å². The Kier molecular flexibility index (Phi) is 4.67. The van der Waals surface area contributed by atoms with Crippen molar-refractivity contribution in [3.63, 3.8) is 0 Å². The van der Waals surface area contributed by atoms with Gasteiger partial charge in [-0.3, -0.25) is 9.59 Å². The first-order chi connectivity index (χ1) is 12.7. The van der Waals surface area contributed by atoms with Crippen molar-refractivity contribution in [2.45, 2.75) is 12.8 Å². The van der Waals surface area contributed by atoms with E-state index in [1.165, 1.54) is 11.3 Å². The lowest BCUT2D eigenvalue weighted by atomic mass is 10.0. The molecule has 0 atom stereocenters. The van der Waals surface area contributed by atoms with E-state index in [1.807, 2.05) is 42.5 Å². The molecule has 0 unspecified atom stereocenters. The zero-order valence-corrected chi connectivity index (χ0v) is 15.0. The second kappa shape index (κ2) is 7.25. The van der Waals surface area contributed by atoms with Crippen molar-refractivity contribution in [1.82, 2.24) is 9.88 Å². The van der Waals surface area contributed by atoms with Crippen LogP contribution in [0.4, 0.5) is 5.13 Å².